The van der Waals surface area contributed by atoms with Gasteiger partial charge in [0.2, 0.25) is 5.91 Å². The lowest BCUT2D eigenvalue weighted by molar-refractivity contribution is -0.133. The third kappa shape index (κ3) is 5.68. The van der Waals surface area contributed by atoms with Crippen molar-refractivity contribution in [2.24, 2.45) is 5.92 Å². The summed E-state index contributed by atoms with van der Waals surface area (Å²) in [6, 6.07) is 6.47. The van der Waals surface area contributed by atoms with Gasteiger partial charge in [-0.15, -0.1) is 0 Å². The van der Waals surface area contributed by atoms with Crippen molar-refractivity contribution in [1.82, 2.24) is 9.80 Å². The number of hydrogen-bond acceptors (Lipinski definition) is 4. The second kappa shape index (κ2) is 9.88. The third-order valence-electron chi connectivity index (χ3n) is 5.15. The molecule has 0 aliphatic carbocycles. The van der Waals surface area contributed by atoms with Gasteiger partial charge in [0.05, 0.1) is 19.8 Å². The first kappa shape index (κ1) is 19.1. The van der Waals surface area contributed by atoms with E-state index in [0.29, 0.717) is 25.3 Å². The lowest BCUT2D eigenvalue weighted by atomic mass is 9.98. The summed E-state index contributed by atoms with van der Waals surface area (Å²) >= 11 is 0. The quantitative estimate of drug-likeness (QED) is 0.746. The van der Waals surface area contributed by atoms with Crippen LogP contribution < -0.4 is 4.74 Å². The van der Waals surface area contributed by atoms with E-state index in [1.165, 1.54) is 6.07 Å². The molecule has 3 rings (SSSR count). The second-order valence-corrected chi connectivity index (χ2v) is 7.15. The molecule has 0 radical (unpaired) electrons. The maximum Gasteiger partial charge on any atom is 0.222 e. The molecule has 1 aromatic rings. The molecule has 1 aromatic carbocycles. The highest BCUT2D eigenvalue weighted by Gasteiger charge is 2.24. The zero-order valence-electron chi connectivity index (χ0n) is 15.4. The van der Waals surface area contributed by atoms with Crippen LogP contribution in [0.4, 0.5) is 4.39 Å². The number of benzene rings is 1. The molecule has 0 bridgehead atoms. The van der Waals surface area contributed by atoms with E-state index in [1.807, 2.05) is 4.90 Å². The molecule has 2 heterocycles. The Morgan fingerprint density at radius 2 is 2.04 bits per heavy atom. The van der Waals surface area contributed by atoms with Crippen molar-refractivity contribution in [3.05, 3.63) is 30.1 Å². The molecular formula is C20H29FN2O3. The van der Waals surface area contributed by atoms with E-state index in [-0.39, 0.29) is 17.6 Å². The summed E-state index contributed by atoms with van der Waals surface area (Å²) in [7, 11) is 0. The first-order chi connectivity index (χ1) is 12.7. The number of likely N-dealkylation sites (tertiary alicyclic amines) is 1. The van der Waals surface area contributed by atoms with E-state index < -0.39 is 0 Å². The number of halogens is 1. The minimum Gasteiger partial charge on any atom is -0.490 e. The van der Waals surface area contributed by atoms with Crippen LogP contribution in [0.1, 0.15) is 25.7 Å². The van der Waals surface area contributed by atoms with Gasteiger partial charge in [-0.2, -0.15) is 0 Å². The Labute approximate surface area is 155 Å². The smallest absolute Gasteiger partial charge is 0.222 e. The van der Waals surface area contributed by atoms with Crippen LogP contribution in [0, 0.1) is 11.7 Å². The van der Waals surface area contributed by atoms with Gasteiger partial charge in [0.25, 0.3) is 0 Å². The average molecular weight is 364 g/mol. The Hall–Kier alpha value is -1.66. The Kier molecular flexibility index (Phi) is 7.26. The Morgan fingerprint density at radius 1 is 1.23 bits per heavy atom. The van der Waals surface area contributed by atoms with E-state index >= 15 is 0 Å². The number of amides is 1. The summed E-state index contributed by atoms with van der Waals surface area (Å²) in [5.41, 5.74) is 0. The van der Waals surface area contributed by atoms with Crippen LogP contribution in [-0.2, 0) is 9.53 Å². The van der Waals surface area contributed by atoms with Crippen LogP contribution in [0.5, 0.6) is 5.75 Å². The van der Waals surface area contributed by atoms with E-state index in [0.717, 1.165) is 58.7 Å². The molecule has 2 aliphatic heterocycles. The molecule has 0 N–H and O–H groups in total. The number of hydrogen-bond donors (Lipinski definition) is 0. The van der Waals surface area contributed by atoms with Crippen molar-refractivity contribution in [3.63, 3.8) is 0 Å². The van der Waals surface area contributed by atoms with E-state index in [4.69, 9.17) is 9.47 Å². The van der Waals surface area contributed by atoms with Crippen molar-refractivity contribution >= 4 is 5.91 Å². The molecular weight excluding hydrogens is 335 g/mol. The van der Waals surface area contributed by atoms with Crippen molar-refractivity contribution in [2.75, 3.05) is 52.5 Å². The number of ether oxygens (including phenoxy) is 2. The highest BCUT2D eigenvalue weighted by atomic mass is 19.1. The van der Waals surface area contributed by atoms with Gasteiger partial charge in [-0.25, -0.2) is 4.39 Å². The summed E-state index contributed by atoms with van der Waals surface area (Å²) < 4.78 is 24.6. The van der Waals surface area contributed by atoms with Crippen LogP contribution in [0.25, 0.3) is 0 Å². The molecule has 0 saturated carbocycles. The molecule has 2 aliphatic rings. The minimum atomic E-state index is -0.334. The number of carbonyl (C=O) groups is 1. The number of piperidine rings is 1. The summed E-state index contributed by atoms with van der Waals surface area (Å²) in [5, 5.41) is 0. The van der Waals surface area contributed by atoms with Gasteiger partial charge >= 0.3 is 0 Å². The monoisotopic (exact) mass is 364 g/mol. The minimum absolute atomic E-state index is 0.230. The molecule has 0 spiro atoms. The molecule has 0 unspecified atom stereocenters. The molecule has 1 amide bonds. The summed E-state index contributed by atoms with van der Waals surface area (Å²) in [4.78, 5) is 16.8. The number of morpholine rings is 1. The Bertz CT molecular complexity index is 578. The van der Waals surface area contributed by atoms with Crippen LogP contribution in [-0.4, -0.2) is 68.3 Å². The van der Waals surface area contributed by atoms with Crippen molar-refractivity contribution in [2.45, 2.75) is 25.7 Å². The summed E-state index contributed by atoms with van der Waals surface area (Å²) in [6.45, 7) is 6.48. The molecule has 0 aromatic heterocycles. The van der Waals surface area contributed by atoms with Crippen LogP contribution >= 0.6 is 0 Å². The van der Waals surface area contributed by atoms with Gasteiger partial charge in [-0.3, -0.25) is 9.69 Å². The van der Waals surface area contributed by atoms with Crippen LogP contribution in [0.2, 0.25) is 0 Å². The van der Waals surface area contributed by atoms with Gasteiger partial charge < -0.3 is 14.4 Å². The predicted molar refractivity (Wildman–Crippen MR) is 97.7 cm³/mol. The number of nitrogens with zero attached hydrogens (tertiary/aromatic N) is 2. The standard InChI is InChI=1S/C20H29FN2O3/c21-18-6-1-2-7-19(18)26-16-17-5-3-10-23(15-17)20(24)8-4-9-22-11-13-25-14-12-22/h1-2,6-7,17H,3-5,8-16H2/t17-/m1/s1. The van der Waals surface area contributed by atoms with E-state index in [1.54, 1.807) is 18.2 Å². The molecule has 5 nitrogen and oxygen atoms in total. The fourth-order valence-electron chi connectivity index (χ4n) is 3.63. The number of para-hydroxylation sites is 1. The normalized spacial score (nSPS) is 21.6. The van der Waals surface area contributed by atoms with Crippen LogP contribution in [0.15, 0.2) is 24.3 Å². The van der Waals surface area contributed by atoms with Gasteiger partial charge in [-0.05, 0) is 37.9 Å². The van der Waals surface area contributed by atoms with Gasteiger partial charge in [0, 0.05) is 38.5 Å². The van der Waals surface area contributed by atoms with Crippen LogP contribution in [0.3, 0.4) is 0 Å². The fourth-order valence-corrected chi connectivity index (χ4v) is 3.63. The van der Waals surface area contributed by atoms with Gasteiger partial charge in [0.15, 0.2) is 11.6 Å². The molecule has 26 heavy (non-hydrogen) atoms. The number of carbonyl (C=O) groups excluding carboxylic acids is 1. The van der Waals surface area contributed by atoms with Crippen molar-refractivity contribution in [1.29, 1.82) is 0 Å². The second-order valence-electron chi connectivity index (χ2n) is 7.15. The maximum atomic E-state index is 13.6. The topological polar surface area (TPSA) is 42.0 Å². The molecule has 144 valence electrons. The number of rotatable bonds is 7. The van der Waals surface area contributed by atoms with E-state index in [2.05, 4.69) is 4.90 Å². The van der Waals surface area contributed by atoms with Crippen molar-refractivity contribution < 1.29 is 18.7 Å². The van der Waals surface area contributed by atoms with Crippen molar-refractivity contribution in [3.8, 4) is 5.75 Å². The predicted octanol–water partition coefficient (Wildman–Crippen LogP) is 2.56. The zero-order valence-corrected chi connectivity index (χ0v) is 15.4. The first-order valence-corrected chi connectivity index (χ1v) is 9.67. The summed E-state index contributed by atoms with van der Waals surface area (Å²) in [6.07, 6.45) is 3.50. The third-order valence-corrected chi connectivity index (χ3v) is 5.15. The zero-order chi connectivity index (χ0) is 18.2. The highest BCUT2D eigenvalue weighted by molar-refractivity contribution is 5.76. The molecule has 6 heteroatoms. The fraction of sp³-hybridized carbons (Fsp3) is 0.650. The van der Waals surface area contributed by atoms with Gasteiger partial charge in [0.1, 0.15) is 0 Å². The summed E-state index contributed by atoms with van der Waals surface area (Å²) in [5.74, 6) is 0.459. The molecule has 2 saturated heterocycles. The Morgan fingerprint density at radius 3 is 2.85 bits per heavy atom. The lowest BCUT2D eigenvalue weighted by Gasteiger charge is -2.33. The Balaban J connectivity index is 1.38. The maximum absolute atomic E-state index is 13.6. The SMILES string of the molecule is O=C(CCCN1CCOCC1)N1CCC[C@@H](COc2ccccc2F)C1. The largest absolute Gasteiger partial charge is 0.490 e. The van der Waals surface area contributed by atoms with Gasteiger partial charge in [-0.1, -0.05) is 12.1 Å². The first-order valence-electron chi connectivity index (χ1n) is 9.67. The highest BCUT2D eigenvalue weighted by Crippen LogP contribution is 2.21. The molecule has 2 fully saturated rings. The molecule has 1 atom stereocenters. The lowest BCUT2D eigenvalue weighted by Crippen LogP contribution is -2.42. The van der Waals surface area contributed by atoms with E-state index in [9.17, 15) is 9.18 Å². The average Bonchev–Trinajstić information content (AvgIpc) is 2.68.